The van der Waals surface area contributed by atoms with Crippen LogP contribution in [-0.4, -0.2) is 29.4 Å². The Hall–Kier alpha value is -1.36. The molecule has 2 N–H and O–H groups in total. The van der Waals surface area contributed by atoms with Crippen molar-refractivity contribution in [3.05, 3.63) is 36.9 Å². The van der Waals surface area contributed by atoms with Crippen molar-refractivity contribution in [3.8, 4) is 0 Å². The number of carbonyl (C=O) groups is 1. The Morgan fingerprint density at radius 1 is 1.25 bits per heavy atom. The van der Waals surface area contributed by atoms with Crippen LogP contribution >= 0.6 is 7.60 Å². The quantitative estimate of drug-likeness (QED) is 0.295. The lowest BCUT2D eigenvalue weighted by molar-refractivity contribution is -0.132. The van der Waals surface area contributed by atoms with Gasteiger partial charge in [-0.2, -0.15) is 0 Å². The van der Waals surface area contributed by atoms with Gasteiger partial charge < -0.3 is 19.3 Å². The van der Waals surface area contributed by atoms with Gasteiger partial charge in [-0.3, -0.25) is 4.57 Å². The summed E-state index contributed by atoms with van der Waals surface area (Å²) in [5.41, 5.74) is 0. The van der Waals surface area contributed by atoms with Crippen LogP contribution in [0.1, 0.15) is 0 Å². The van der Waals surface area contributed by atoms with Crippen LogP contribution < -0.4 is 0 Å². The summed E-state index contributed by atoms with van der Waals surface area (Å²) in [4.78, 5) is 10.7. The summed E-state index contributed by atoms with van der Waals surface area (Å²) in [5.74, 6) is -1.58. The Morgan fingerprint density at radius 3 is 1.94 bits per heavy atom. The molecule has 0 radical (unpaired) electrons. The molecule has 0 aliphatic rings. The lowest BCUT2D eigenvalue weighted by Crippen LogP contribution is -2.07. The third-order valence-electron chi connectivity index (χ3n) is 1.36. The fourth-order valence-corrected chi connectivity index (χ4v) is 2.05. The van der Waals surface area contributed by atoms with Crippen LogP contribution in [-0.2, 0) is 18.4 Å². The molecule has 0 spiro atoms. The fourth-order valence-electron chi connectivity index (χ4n) is 0.721. The van der Waals surface area contributed by atoms with Gasteiger partial charge in [-0.05, 0) is 0 Å². The third kappa shape index (κ3) is 4.02. The number of rotatable bonds is 8. The Balaban J connectivity index is 5.03. The second-order valence-corrected chi connectivity index (χ2v) is 4.48. The van der Waals surface area contributed by atoms with E-state index in [1.54, 1.807) is 0 Å². The Bertz CT molecular complexity index is 330. The molecule has 0 amide bonds. The van der Waals surface area contributed by atoms with E-state index in [-0.39, 0.29) is 19.5 Å². The molecule has 0 unspecified atom stereocenters. The molecule has 90 valence electrons. The number of aliphatic carboxylic acids is 1. The highest BCUT2D eigenvalue weighted by Gasteiger charge is 2.35. The van der Waals surface area contributed by atoms with Crippen molar-refractivity contribution >= 4 is 13.6 Å². The zero-order valence-electron chi connectivity index (χ0n) is 8.54. The van der Waals surface area contributed by atoms with E-state index in [1.807, 2.05) is 0 Å². The van der Waals surface area contributed by atoms with Crippen molar-refractivity contribution in [2.45, 2.75) is 0 Å². The molecule has 7 heteroatoms. The number of aliphatic hydroxyl groups is 1. The molecule has 0 aromatic carbocycles. The van der Waals surface area contributed by atoms with Gasteiger partial charge >= 0.3 is 13.6 Å². The Morgan fingerprint density at radius 2 is 1.69 bits per heavy atom. The van der Waals surface area contributed by atoms with Gasteiger partial charge in [0, 0.05) is 0 Å². The summed E-state index contributed by atoms with van der Waals surface area (Å²) >= 11 is 0. The number of hydrogen-bond acceptors (Lipinski definition) is 5. The average Bonchev–Trinajstić information content (AvgIpc) is 2.24. The van der Waals surface area contributed by atoms with Crippen LogP contribution in [0.15, 0.2) is 36.9 Å². The molecule has 0 aromatic rings. The van der Waals surface area contributed by atoms with Gasteiger partial charge in [-0.25, -0.2) is 4.79 Å². The monoisotopic (exact) mass is 248 g/mol. The summed E-state index contributed by atoms with van der Waals surface area (Å²) in [7, 11) is -4.05. The highest BCUT2D eigenvalue weighted by Crippen LogP contribution is 2.55. The second kappa shape index (κ2) is 7.00. The fraction of sp³-hybridized carbons (Fsp3) is 0.222. The van der Waals surface area contributed by atoms with Crippen LogP contribution in [0.4, 0.5) is 0 Å². The van der Waals surface area contributed by atoms with E-state index < -0.39 is 18.9 Å². The van der Waals surface area contributed by atoms with E-state index in [2.05, 4.69) is 13.2 Å². The maximum Gasteiger partial charge on any atom is 0.372 e. The minimum atomic E-state index is -4.05. The zero-order valence-corrected chi connectivity index (χ0v) is 9.43. The normalized spacial score (nSPS) is 12.1. The first kappa shape index (κ1) is 14.6. The summed E-state index contributed by atoms with van der Waals surface area (Å²) in [6.07, 6.45) is 2.75. The Kier molecular flexibility index (Phi) is 6.41. The van der Waals surface area contributed by atoms with E-state index in [9.17, 15) is 9.36 Å². The first-order valence-electron chi connectivity index (χ1n) is 4.21. The lowest BCUT2D eigenvalue weighted by Gasteiger charge is -2.16. The van der Waals surface area contributed by atoms with Gasteiger partial charge in [0.2, 0.25) is 0 Å². The standard InChI is InChI=1S/C9H13O6P/c1-3-5-14-16(13,15-6-4-2)8(7-10)9(11)12/h3-4,7,10H,1-2,5-6H2,(H,11,12). The molecule has 0 bridgehead atoms. The Labute approximate surface area is 93.0 Å². The van der Waals surface area contributed by atoms with E-state index >= 15 is 0 Å². The van der Waals surface area contributed by atoms with Crippen LogP contribution in [0.3, 0.4) is 0 Å². The second-order valence-electron chi connectivity index (χ2n) is 2.49. The summed E-state index contributed by atoms with van der Waals surface area (Å²) in [6, 6.07) is 0. The first-order chi connectivity index (χ1) is 7.51. The molecule has 0 saturated heterocycles. The van der Waals surface area contributed by atoms with E-state index in [0.29, 0.717) is 0 Å². The maximum atomic E-state index is 12.0. The van der Waals surface area contributed by atoms with Crippen molar-refractivity contribution in [3.63, 3.8) is 0 Å². The zero-order chi connectivity index (χ0) is 12.6. The molecule has 0 rings (SSSR count). The number of carboxylic acid groups (broad SMARTS) is 1. The molecule has 0 saturated carbocycles. The SMILES string of the molecule is C=CCOP(=O)(OCC=C)C(=CO)C(=O)O. The molecular weight excluding hydrogens is 235 g/mol. The number of aliphatic hydroxyl groups excluding tert-OH is 1. The summed E-state index contributed by atoms with van der Waals surface area (Å²) < 4.78 is 21.5. The molecule has 0 aromatic heterocycles. The van der Waals surface area contributed by atoms with Crippen LogP contribution in [0.5, 0.6) is 0 Å². The van der Waals surface area contributed by atoms with Gasteiger partial charge in [-0.15, -0.1) is 13.2 Å². The molecule has 16 heavy (non-hydrogen) atoms. The van der Waals surface area contributed by atoms with Gasteiger partial charge in [0.25, 0.3) is 0 Å². The predicted octanol–water partition coefficient (Wildman–Crippen LogP) is 2.07. The average molecular weight is 248 g/mol. The van der Waals surface area contributed by atoms with Gasteiger partial charge in [0.15, 0.2) is 5.31 Å². The van der Waals surface area contributed by atoms with E-state index in [4.69, 9.17) is 19.3 Å². The van der Waals surface area contributed by atoms with Crippen molar-refractivity contribution in [2.24, 2.45) is 0 Å². The minimum Gasteiger partial charge on any atom is -0.514 e. The highest BCUT2D eigenvalue weighted by atomic mass is 31.2. The van der Waals surface area contributed by atoms with Crippen molar-refractivity contribution in [1.29, 1.82) is 0 Å². The van der Waals surface area contributed by atoms with Crippen molar-refractivity contribution in [1.82, 2.24) is 0 Å². The summed E-state index contributed by atoms with van der Waals surface area (Å²) in [6.45, 7) is 6.31. The molecule has 0 aliphatic carbocycles. The predicted molar refractivity (Wildman–Crippen MR) is 58.3 cm³/mol. The van der Waals surface area contributed by atoms with E-state index in [0.717, 1.165) is 0 Å². The minimum absolute atomic E-state index is 0.168. The number of carboxylic acids is 1. The maximum absolute atomic E-state index is 12.0. The third-order valence-corrected chi connectivity index (χ3v) is 3.24. The highest BCUT2D eigenvalue weighted by molar-refractivity contribution is 7.59. The van der Waals surface area contributed by atoms with Crippen LogP contribution in [0, 0.1) is 0 Å². The topological polar surface area (TPSA) is 93.1 Å². The molecule has 0 heterocycles. The van der Waals surface area contributed by atoms with Gasteiger partial charge in [0.1, 0.15) is 6.26 Å². The van der Waals surface area contributed by atoms with Crippen LogP contribution in [0.25, 0.3) is 0 Å². The molecule has 0 fully saturated rings. The number of hydrogen-bond donors (Lipinski definition) is 2. The van der Waals surface area contributed by atoms with Gasteiger partial charge in [0.05, 0.1) is 13.2 Å². The molecule has 0 aliphatic heterocycles. The van der Waals surface area contributed by atoms with E-state index in [1.165, 1.54) is 12.2 Å². The molecular formula is C9H13O6P. The smallest absolute Gasteiger partial charge is 0.372 e. The van der Waals surface area contributed by atoms with Crippen molar-refractivity contribution < 1.29 is 28.6 Å². The van der Waals surface area contributed by atoms with Gasteiger partial charge in [-0.1, -0.05) is 12.2 Å². The lowest BCUT2D eigenvalue weighted by atomic mass is 10.6. The molecule has 6 nitrogen and oxygen atoms in total. The van der Waals surface area contributed by atoms with Crippen molar-refractivity contribution in [2.75, 3.05) is 13.2 Å². The summed E-state index contributed by atoms with van der Waals surface area (Å²) in [5, 5.41) is 16.6. The molecule has 0 atom stereocenters. The first-order valence-corrected chi connectivity index (χ1v) is 5.75. The van der Waals surface area contributed by atoms with Crippen LogP contribution in [0.2, 0.25) is 0 Å². The largest absolute Gasteiger partial charge is 0.514 e.